The quantitative estimate of drug-likeness (QED) is 0.613. The van der Waals surface area contributed by atoms with Gasteiger partial charge in [0.05, 0.1) is 6.10 Å². The van der Waals surface area contributed by atoms with Crippen LogP contribution >= 0.6 is 15.9 Å². The van der Waals surface area contributed by atoms with Crippen LogP contribution in [0, 0.1) is 0 Å². The number of nitrogens with one attached hydrogen (secondary N) is 1. The molecule has 0 saturated heterocycles. The summed E-state index contributed by atoms with van der Waals surface area (Å²) in [5.41, 5.74) is 5.27. The first-order valence-electron chi connectivity index (χ1n) is 7.05. The highest BCUT2D eigenvalue weighted by atomic mass is 79.9. The summed E-state index contributed by atoms with van der Waals surface area (Å²) in [7, 11) is 0. The van der Waals surface area contributed by atoms with Crippen molar-refractivity contribution >= 4 is 15.9 Å². The second-order valence-corrected chi connectivity index (χ2v) is 6.20. The lowest BCUT2D eigenvalue weighted by Gasteiger charge is -2.17. The third-order valence-electron chi connectivity index (χ3n) is 3.18. The summed E-state index contributed by atoms with van der Waals surface area (Å²) in [5.74, 6) is 6.60. The van der Waals surface area contributed by atoms with E-state index in [-0.39, 0.29) is 12.1 Å². The highest BCUT2D eigenvalue weighted by molar-refractivity contribution is 9.10. The van der Waals surface area contributed by atoms with Gasteiger partial charge in [0.1, 0.15) is 5.75 Å². The molecule has 2 aromatic carbocycles. The Kier molecular flexibility index (Phi) is 5.79. The van der Waals surface area contributed by atoms with Gasteiger partial charge >= 0.3 is 0 Å². The van der Waals surface area contributed by atoms with Crippen molar-refractivity contribution in [1.82, 2.24) is 5.43 Å². The van der Waals surface area contributed by atoms with Crippen LogP contribution in [-0.4, -0.2) is 6.10 Å². The topological polar surface area (TPSA) is 47.3 Å². The first-order valence-corrected chi connectivity index (χ1v) is 7.85. The van der Waals surface area contributed by atoms with E-state index in [4.69, 9.17) is 10.6 Å². The zero-order valence-electron chi connectivity index (χ0n) is 12.3. The summed E-state index contributed by atoms with van der Waals surface area (Å²) < 4.78 is 6.74. The highest BCUT2D eigenvalue weighted by Crippen LogP contribution is 2.22. The molecule has 0 heterocycles. The lowest BCUT2D eigenvalue weighted by Crippen LogP contribution is -2.29. The molecule has 0 bridgehead atoms. The van der Waals surface area contributed by atoms with Crippen LogP contribution in [0.5, 0.6) is 5.75 Å². The van der Waals surface area contributed by atoms with Gasteiger partial charge in [0, 0.05) is 10.5 Å². The average Bonchev–Trinajstić information content (AvgIpc) is 2.45. The molecule has 21 heavy (non-hydrogen) atoms. The molecule has 0 aromatic heterocycles. The molecular weight excluding hydrogens is 328 g/mol. The fourth-order valence-corrected chi connectivity index (χ4v) is 2.67. The summed E-state index contributed by atoms with van der Waals surface area (Å²) in [6, 6.07) is 16.4. The molecule has 2 aromatic rings. The predicted octanol–water partition coefficient (Wildman–Crippen LogP) is 3.98. The van der Waals surface area contributed by atoms with E-state index >= 15 is 0 Å². The van der Waals surface area contributed by atoms with E-state index < -0.39 is 0 Å². The van der Waals surface area contributed by atoms with Crippen molar-refractivity contribution in [3.63, 3.8) is 0 Å². The zero-order valence-corrected chi connectivity index (χ0v) is 13.9. The molecule has 112 valence electrons. The van der Waals surface area contributed by atoms with Crippen LogP contribution in [-0.2, 0) is 6.42 Å². The van der Waals surface area contributed by atoms with Crippen LogP contribution in [0.25, 0.3) is 0 Å². The molecule has 0 spiro atoms. The van der Waals surface area contributed by atoms with Gasteiger partial charge in [-0.05, 0) is 55.7 Å². The van der Waals surface area contributed by atoms with E-state index in [1.54, 1.807) is 0 Å². The largest absolute Gasteiger partial charge is 0.491 e. The number of hydrazine groups is 1. The summed E-state index contributed by atoms with van der Waals surface area (Å²) in [6.07, 6.45) is 1.02. The van der Waals surface area contributed by atoms with Gasteiger partial charge in [0.2, 0.25) is 0 Å². The molecule has 0 radical (unpaired) electrons. The van der Waals surface area contributed by atoms with Gasteiger partial charge in [-0.3, -0.25) is 11.3 Å². The number of hydrogen-bond acceptors (Lipinski definition) is 3. The number of rotatable bonds is 6. The molecule has 0 aliphatic rings. The second kappa shape index (κ2) is 7.59. The van der Waals surface area contributed by atoms with Crippen LogP contribution in [0.15, 0.2) is 53.0 Å². The van der Waals surface area contributed by atoms with Crippen molar-refractivity contribution < 1.29 is 4.74 Å². The van der Waals surface area contributed by atoms with Gasteiger partial charge in [0.25, 0.3) is 0 Å². The Bertz CT molecular complexity index is 569. The molecule has 0 aliphatic heterocycles. The molecule has 2 rings (SSSR count). The standard InChI is InChI=1S/C17H21BrN2O/c1-12(2)21-16-8-6-14(7-9-16)17(20-19)11-13-4-3-5-15(18)10-13/h3-10,12,17,20H,11,19H2,1-2H3. The number of benzene rings is 2. The number of halogens is 1. The maximum Gasteiger partial charge on any atom is 0.119 e. The van der Waals surface area contributed by atoms with Crippen LogP contribution < -0.4 is 16.0 Å². The molecule has 4 heteroatoms. The molecule has 1 atom stereocenters. The molecule has 1 unspecified atom stereocenters. The van der Waals surface area contributed by atoms with E-state index in [1.807, 2.05) is 38.1 Å². The Labute approximate surface area is 134 Å². The third kappa shape index (κ3) is 4.84. The van der Waals surface area contributed by atoms with Gasteiger partial charge in [-0.2, -0.15) is 0 Å². The van der Waals surface area contributed by atoms with Gasteiger partial charge in [-0.25, -0.2) is 0 Å². The molecule has 0 fully saturated rings. The number of nitrogens with two attached hydrogens (primary N) is 1. The smallest absolute Gasteiger partial charge is 0.119 e. The lowest BCUT2D eigenvalue weighted by molar-refractivity contribution is 0.242. The molecule has 0 aliphatic carbocycles. The maximum atomic E-state index is 5.72. The Morgan fingerprint density at radius 3 is 2.43 bits per heavy atom. The van der Waals surface area contributed by atoms with Crippen molar-refractivity contribution in [2.45, 2.75) is 32.4 Å². The van der Waals surface area contributed by atoms with Crippen LogP contribution in [0.2, 0.25) is 0 Å². The monoisotopic (exact) mass is 348 g/mol. The highest BCUT2D eigenvalue weighted by Gasteiger charge is 2.11. The average molecular weight is 349 g/mol. The summed E-state index contributed by atoms with van der Waals surface area (Å²) >= 11 is 3.49. The predicted molar refractivity (Wildman–Crippen MR) is 90.1 cm³/mol. The fourth-order valence-electron chi connectivity index (χ4n) is 2.22. The van der Waals surface area contributed by atoms with Gasteiger partial charge < -0.3 is 4.74 Å². The summed E-state index contributed by atoms with van der Waals surface area (Å²) in [6.45, 7) is 4.04. The van der Waals surface area contributed by atoms with Crippen LogP contribution in [0.4, 0.5) is 0 Å². The van der Waals surface area contributed by atoms with Crippen LogP contribution in [0.3, 0.4) is 0 Å². The van der Waals surface area contributed by atoms with Crippen molar-refractivity contribution in [3.05, 3.63) is 64.1 Å². The van der Waals surface area contributed by atoms with Gasteiger partial charge in [-0.15, -0.1) is 0 Å². The normalized spacial score (nSPS) is 12.4. The van der Waals surface area contributed by atoms with Crippen molar-refractivity contribution in [2.24, 2.45) is 5.84 Å². The Morgan fingerprint density at radius 2 is 1.86 bits per heavy atom. The minimum Gasteiger partial charge on any atom is -0.491 e. The first-order chi connectivity index (χ1) is 10.1. The molecule has 3 nitrogen and oxygen atoms in total. The van der Waals surface area contributed by atoms with E-state index in [2.05, 4.69) is 45.6 Å². The minimum atomic E-state index is 0.0763. The fraction of sp³-hybridized carbons (Fsp3) is 0.294. The Balaban J connectivity index is 2.10. The molecule has 0 saturated carbocycles. The van der Waals surface area contributed by atoms with E-state index in [0.717, 1.165) is 22.2 Å². The number of hydrogen-bond donors (Lipinski definition) is 2. The molecule has 3 N–H and O–H groups in total. The summed E-state index contributed by atoms with van der Waals surface area (Å²) in [4.78, 5) is 0. The summed E-state index contributed by atoms with van der Waals surface area (Å²) in [5, 5.41) is 0. The zero-order chi connectivity index (χ0) is 15.2. The number of ether oxygens (including phenoxy) is 1. The lowest BCUT2D eigenvalue weighted by atomic mass is 9.99. The second-order valence-electron chi connectivity index (χ2n) is 5.29. The third-order valence-corrected chi connectivity index (χ3v) is 3.68. The van der Waals surface area contributed by atoms with E-state index in [0.29, 0.717) is 0 Å². The minimum absolute atomic E-state index is 0.0763. The SMILES string of the molecule is CC(C)Oc1ccc(C(Cc2cccc(Br)c2)NN)cc1. The van der Waals surface area contributed by atoms with Crippen molar-refractivity contribution in [2.75, 3.05) is 0 Å². The van der Waals surface area contributed by atoms with Gasteiger partial charge in [-0.1, -0.05) is 40.2 Å². The van der Waals surface area contributed by atoms with Gasteiger partial charge in [0.15, 0.2) is 0 Å². The van der Waals surface area contributed by atoms with Crippen molar-refractivity contribution in [1.29, 1.82) is 0 Å². The molecule has 0 amide bonds. The van der Waals surface area contributed by atoms with Crippen LogP contribution in [0.1, 0.15) is 31.0 Å². The van der Waals surface area contributed by atoms with E-state index in [9.17, 15) is 0 Å². The van der Waals surface area contributed by atoms with Crippen molar-refractivity contribution in [3.8, 4) is 5.75 Å². The maximum absolute atomic E-state index is 5.72. The Hall–Kier alpha value is -1.36. The van der Waals surface area contributed by atoms with E-state index in [1.165, 1.54) is 5.56 Å². The first kappa shape index (κ1) is 16.0. The molecular formula is C17H21BrN2O. The Morgan fingerprint density at radius 1 is 1.14 bits per heavy atom.